The summed E-state index contributed by atoms with van der Waals surface area (Å²) in [6.45, 7) is 2.67. The molecule has 164 valence electrons. The molecule has 1 unspecified atom stereocenters. The molecule has 3 N–H and O–H groups in total. The zero-order valence-corrected chi connectivity index (χ0v) is 18.1. The average Bonchev–Trinajstić information content (AvgIpc) is 3.03. The molecule has 10 heteroatoms. The predicted molar refractivity (Wildman–Crippen MR) is 118 cm³/mol. The minimum atomic E-state index is -0.607. The van der Waals surface area contributed by atoms with Crippen molar-refractivity contribution in [2.45, 2.75) is 12.5 Å². The molecule has 0 radical (unpaired) electrons. The van der Waals surface area contributed by atoms with Gasteiger partial charge in [-0.1, -0.05) is 58.7 Å². The zero-order valence-electron chi connectivity index (χ0n) is 16.6. The van der Waals surface area contributed by atoms with Crippen LogP contribution in [-0.2, 0) is 16.0 Å². The van der Waals surface area contributed by atoms with Crippen molar-refractivity contribution < 1.29 is 14.1 Å². The largest absolute Gasteiger partial charge is 0.439 e. The number of carbonyl (C=O) groups is 1. The highest BCUT2D eigenvalue weighted by Gasteiger charge is 2.15. The van der Waals surface area contributed by atoms with E-state index in [0.717, 1.165) is 12.1 Å². The number of hydrogen-bond acceptors (Lipinski definition) is 6. The van der Waals surface area contributed by atoms with Crippen LogP contribution in [0.4, 0.5) is 0 Å². The summed E-state index contributed by atoms with van der Waals surface area (Å²) in [4.78, 5) is 25.7. The van der Waals surface area contributed by atoms with Crippen molar-refractivity contribution in [2.24, 2.45) is 0 Å². The van der Waals surface area contributed by atoms with Crippen LogP contribution in [0.3, 0.4) is 0 Å². The number of aromatic nitrogens is 2. The number of aromatic amines is 1. The number of hydrogen-bond donors (Lipinski definition) is 3. The molecule has 1 aromatic heterocycles. The fraction of sp³-hybridized carbons (Fsp3) is 0.286. The number of H-pyrrole nitrogens is 1. The zero-order chi connectivity index (χ0) is 22.1. The molecule has 0 spiro atoms. The highest BCUT2D eigenvalue weighted by molar-refractivity contribution is 6.41. The van der Waals surface area contributed by atoms with Crippen LogP contribution in [0.1, 0.15) is 5.56 Å². The van der Waals surface area contributed by atoms with Crippen LogP contribution >= 0.6 is 23.2 Å². The number of rotatable bonds is 4. The minimum Gasteiger partial charge on any atom is -0.378 e. The van der Waals surface area contributed by atoms with E-state index in [-0.39, 0.29) is 18.4 Å². The lowest BCUT2D eigenvalue weighted by Crippen LogP contribution is -2.43. The number of halogens is 2. The fourth-order valence-electron chi connectivity index (χ4n) is 2.88. The Morgan fingerprint density at radius 3 is 2.61 bits per heavy atom. The van der Waals surface area contributed by atoms with Gasteiger partial charge in [0.1, 0.15) is 0 Å². The smallest absolute Gasteiger partial charge is 0.378 e. The van der Waals surface area contributed by atoms with Crippen molar-refractivity contribution in [2.75, 3.05) is 26.3 Å². The average molecular weight is 465 g/mol. The molecule has 1 amide bonds. The van der Waals surface area contributed by atoms with Crippen LogP contribution < -0.4 is 16.4 Å². The van der Waals surface area contributed by atoms with Gasteiger partial charge in [0, 0.05) is 18.7 Å². The Morgan fingerprint density at radius 2 is 1.94 bits per heavy atom. The Morgan fingerprint density at radius 1 is 1.16 bits per heavy atom. The lowest BCUT2D eigenvalue weighted by Gasteiger charge is -2.16. The second kappa shape index (κ2) is 11.7. The lowest BCUT2D eigenvalue weighted by atomic mass is 10.1. The van der Waals surface area contributed by atoms with Crippen molar-refractivity contribution in [1.29, 1.82) is 0 Å². The SMILES string of the molecule is Clc1ccccc1Cl.O=C(Cc1cccc(-c2noc(=O)[nH]2)c1)NC1CNCCOC1. The summed E-state index contributed by atoms with van der Waals surface area (Å²) in [5.41, 5.74) is 1.52. The molecule has 8 nitrogen and oxygen atoms in total. The lowest BCUT2D eigenvalue weighted by molar-refractivity contribution is -0.121. The van der Waals surface area contributed by atoms with E-state index in [0.29, 0.717) is 41.2 Å². The first kappa shape index (κ1) is 23.0. The number of nitrogens with zero attached hydrogens (tertiary/aromatic N) is 1. The topological polar surface area (TPSA) is 109 Å². The monoisotopic (exact) mass is 464 g/mol. The van der Waals surface area contributed by atoms with Crippen LogP contribution in [0.15, 0.2) is 57.8 Å². The normalized spacial score (nSPS) is 16.0. The first-order chi connectivity index (χ1) is 15.0. The molecule has 2 heterocycles. The second-order valence-corrected chi connectivity index (χ2v) is 7.59. The van der Waals surface area contributed by atoms with E-state index < -0.39 is 5.76 Å². The van der Waals surface area contributed by atoms with E-state index in [1.165, 1.54) is 0 Å². The molecule has 3 aromatic rings. The first-order valence-corrected chi connectivity index (χ1v) is 10.4. The van der Waals surface area contributed by atoms with Gasteiger partial charge in [-0.05, 0) is 23.8 Å². The highest BCUT2D eigenvalue weighted by atomic mass is 35.5. The summed E-state index contributed by atoms with van der Waals surface area (Å²) in [5.74, 6) is -0.337. The van der Waals surface area contributed by atoms with E-state index in [1.807, 2.05) is 18.2 Å². The van der Waals surface area contributed by atoms with Crippen LogP contribution in [0.2, 0.25) is 10.0 Å². The summed E-state index contributed by atoms with van der Waals surface area (Å²) in [5, 5.41) is 11.0. The molecule has 1 fully saturated rings. The summed E-state index contributed by atoms with van der Waals surface area (Å²) in [7, 11) is 0. The quantitative estimate of drug-likeness (QED) is 0.547. The van der Waals surface area contributed by atoms with E-state index in [9.17, 15) is 9.59 Å². The number of amides is 1. The standard InChI is InChI=1S/C15H18N4O4.C6H4Cl2/c20-13(17-12-8-16-4-5-22-9-12)7-10-2-1-3-11(6-10)14-18-15(21)23-19-14;7-5-3-1-2-4-6(5)8/h1-3,6,12,16H,4-5,7-9H2,(H,17,20)(H,18,19,21);1-4H. The van der Waals surface area contributed by atoms with Gasteiger partial charge in [-0.3, -0.25) is 14.3 Å². The van der Waals surface area contributed by atoms with Crippen LogP contribution in [0, 0.1) is 0 Å². The molecule has 1 aliphatic heterocycles. The van der Waals surface area contributed by atoms with Crippen LogP contribution in [-0.4, -0.2) is 48.4 Å². The Kier molecular flexibility index (Phi) is 8.66. The third-order valence-electron chi connectivity index (χ3n) is 4.33. The van der Waals surface area contributed by atoms with Crippen LogP contribution in [0.25, 0.3) is 11.4 Å². The van der Waals surface area contributed by atoms with E-state index in [4.69, 9.17) is 27.9 Å². The van der Waals surface area contributed by atoms with Crippen molar-refractivity contribution in [1.82, 2.24) is 20.8 Å². The fourth-order valence-corrected chi connectivity index (χ4v) is 3.16. The number of benzene rings is 2. The summed E-state index contributed by atoms with van der Waals surface area (Å²) >= 11 is 11.2. The summed E-state index contributed by atoms with van der Waals surface area (Å²) in [6, 6.07) is 14.4. The van der Waals surface area contributed by atoms with Gasteiger partial charge in [0.05, 0.1) is 35.7 Å². The number of carbonyl (C=O) groups excluding carboxylic acids is 1. The maximum absolute atomic E-state index is 12.2. The molecule has 4 rings (SSSR count). The van der Waals surface area contributed by atoms with Crippen molar-refractivity contribution in [3.8, 4) is 11.4 Å². The minimum absolute atomic E-state index is 0.0277. The third-order valence-corrected chi connectivity index (χ3v) is 5.08. The molecule has 31 heavy (non-hydrogen) atoms. The Labute approximate surface area is 188 Å². The Balaban J connectivity index is 0.000000287. The molecular formula is C21H22Cl2N4O4. The molecular weight excluding hydrogens is 443 g/mol. The highest BCUT2D eigenvalue weighted by Crippen LogP contribution is 2.19. The van der Waals surface area contributed by atoms with Crippen molar-refractivity contribution in [3.63, 3.8) is 0 Å². The molecule has 0 saturated carbocycles. The predicted octanol–water partition coefficient (Wildman–Crippen LogP) is 2.67. The maximum atomic E-state index is 12.2. The maximum Gasteiger partial charge on any atom is 0.439 e. The van der Waals surface area contributed by atoms with E-state index in [1.54, 1.807) is 30.3 Å². The van der Waals surface area contributed by atoms with Gasteiger partial charge >= 0.3 is 5.76 Å². The van der Waals surface area contributed by atoms with Gasteiger partial charge in [0.2, 0.25) is 5.91 Å². The van der Waals surface area contributed by atoms with Gasteiger partial charge < -0.3 is 15.4 Å². The second-order valence-electron chi connectivity index (χ2n) is 6.78. The number of ether oxygens (including phenoxy) is 1. The Bertz CT molecular complexity index is 1020. The van der Waals surface area contributed by atoms with Gasteiger partial charge in [-0.2, -0.15) is 0 Å². The molecule has 1 atom stereocenters. The summed E-state index contributed by atoms with van der Waals surface area (Å²) in [6.07, 6.45) is 0.242. The van der Waals surface area contributed by atoms with E-state index in [2.05, 4.69) is 25.3 Å². The summed E-state index contributed by atoms with van der Waals surface area (Å²) < 4.78 is 9.90. The first-order valence-electron chi connectivity index (χ1n) is 9.64. The van der Waals surface area contributed by atoms with E-state index >= 15 is 0 Å². The third kappa shape index (κ3) is 7.52. The molecule has 1 saturated heterocycles. The van der Waals surface area contributed by atoms with Gasteiger partial charge in [0.15, 0.2) is 5.82 Å². The van der Waals surface area contributed by atoms with Crippen molar-refractivity contribution in [3.05, 3.63) is 74.7 Å². The van der Waals surface area contributed by atoms with Crippen molar-refractivity contribution >= 4 is 29.1 Å². The molecule has 1 aliphatic rings. The van der Waals surface area contributed by atoms with Gasteiger partial charge in [0.25, 0.3) is 0 Å². The number of nitrogens with one attached hydrogen (secondary N) is 3. The van der Waals surface area contributed by atoms with Crippen LogP contribution in [0.5, 0.6) is 0 Å². The molecule has 0 aliphatic carbocycles. The molecule has 2 aromatic carbocycles. The van der Waals surface area contributed by atoms with Gasteiger partial charge in [-0.25, -0.2) is 4.79 Å². The molecule has 0 bridgehead atoms. The Hall–Kier alpha value is -2.65. The van der Waals surface area contributed by atoms with Gasteiger partial charge in [-0.15, -0.1) is 0 Å².